The zero-order valence-electron chi connectivity index (χ0n) is 12.8. The van der Waals surface area contributed by atoms with Crippen LogP contribution in [0.1, 0.15) is 53.0 Å². The second kappa shape index (κ2) is 6.23. The zero-order chi connectivity index (χ0) is 14.5. The highest BCUT2D eigenvalue weighted by molar-refractivity contribution is 5.76. The van der Waals surface area contributed by atoms with E-state index in [-0.39, 0.29) is 11.4 Å². The van der Waals surface area contributed by atoms with Crippen LogP contribution in [0.2, 0.25) is 0 Å². The summed E-state index contributed by atoms with van der Waals surface area (Å²) in [6.45, 7) is 10.7. The van der Waals surface area contributed by atoms with Gasteiger partial charge in [-0.05, 0) is 37.7 Å². The molecule has 2 heteroatoms. The molecule has 0 spiro atoms. The summed E-state index contributed by atoms with van der Waals surface area (Å²) in [6, 6.07) is 10.4. The molecule has 1 aromatic rings. The molecule has 0 fully saturated rings. The van der Waals surface area contributed by atoms with Crippen LogP contribution < -0.4 is 0 Å². The average Bonchev–Trinajstić information content (AvgIpc) is 2.39. The van der Waals surface area contributed by atoms with E-state index in [1.54, 1.807) is 0 Å². The Morgan fingerprint density at radius 2 is 1.68 bits per heavy atom. The maximum atomic E-state index is 12.2. The highest BCUT2D eigenvalue weighted by Crippen LogP contribution is 2.39. The van der Waals surface area contributed by atoms with Crippen molar-refractivity contribution in [1.82, 2.24) is 0 Å². The first-order valence-electron chi connectivity index (χ1n) is 7.08. The normalized spacial score (nSPS) is 14.8. The van der Waals surface area contributed by atoms with Crippen LogP contribution in [-0.2, 0) is 14.9 Å². The summed E-state index contributed by atoms with van der Waals surface area (Å²) in [5.41, 5.74) is 0.799. The first-order chi connectivity index (χ1) is 8.85. The summed E-state index contributed by atoms with van der Waals surface area (Å²) in [4.78, 5) is 12.2. The molecule has 19 heavy (non-hydrogen) atoms. The van der Waals surface area contributed by atoms with Gasteiger partial charge in [0.15, 0.2) is 0 Å². The van der Waals surface area contributed by atoms with E-state index in [4.69, 9.17) is 4.74 Å². The van der Waals surface area contributed by atoms with E-state index >= 15 is 0 Å². The summed E-state index contributed by atoms with van der Waals surface area (Å²) in [7, 11) is 0. The van der Waals surface area contributed by atoms with E-state index in [0.717, 1.165) is 12.8 Å². The Hall–Kier alpha value is -1.31. The molecule has 0 aliphatic rings. The standard InChI is InChI=1S/C17H26O2/c1-6-17(5,15(18)19-7-2)13-16(3,4)14-11-9-8-10-12-14/h8-12H,6-7,13H2,1-5H3. The first-order valence-corrected chi connectivity index (χ1v) is 7.08. The molecule has 0 saturated heterocycles. The monoisotopic (exact) mass is 262 g/mol. The third kappa shape index (κ3) is 3.82. The Balaban J connectivity index is 2.94. The SMILES string of the molecule is CCOC(=O)C(C)(CC)CC(C)(C)c1ccccc1. The molecule has 0 radical (unpaired) electrons. The van der Waals surface area contributed by atoms with Gasteiger partial charge in [0.1, 0.15) is 0 Å². The maximum absolute atomic E-state index is 12.2. The highest BCUT2D eigenvalue weighted by Gasteiger charge is 2.39. The third-order valence-corrected chi connectivity index (χ3v) is 3.94. The summed E-state index contributed by atoms with van der Waals surface area (Å²) in [6.07, 6.45) is 1.58. The van der Waals surface area contributed by atoms with Gasteiger partial charge in [-0.1, -0.05) is 51.1 Å². The molecule has 0 saturated carbocycles. The van der Waals surface area contributed by atoms with Crippen molar-refractivity contribution in [3.8, 4) is 0 Å². The molecular formula is C17H26O2. The zero-order valence-corrected chi connectivity index (χ0v) is 12.8. The lowest BCUT2D eigenvalue weighted by Crippen LogP contribution is -2.36. The van der Waals surface area contributed by atoms with E-state index in [2.05, 4.69) is 32.9 Å². The number of rotatable bonds is 6. The van der Waals surface area contributed by atoms with Crippen LogP contribution in [0.25, 0.3) is 0 Å². The predicted molar refractivity (Wildman–Crippen MR) is 79.1 cm³/mol. The fourth-order valence-corrected chi connectivity index (χ4v) is 2.61. The Morgan fingerprint density at radius 3 is 2.16 bits per heavy atom. The van der Waals surface area contributed by atoms with E-state index in [1.807, 2.05) is 32.0 Å². The lowest BCUT2D eigenvalue weighted by molar-refractivity contribution is -0.156. The van der Waals surface area contributed by atoms with Crippen LogP contribution in [0.4, 0.5) is 0 Å². The molecule has 106 valence electrons. The highest BCUT2D eigenvalue weighted by atomic mass is 16.5. The van der Waals surface area contributed by atoms with Crippen LogP contribution in [0.15, 0.2) is 30.3 Å². The van der Waals surface area contributed by atoms with Gasteiger partial charge in [-0.3, -0.25) is 4.79 Å². The second-order valence-corrected chi connectivity index (χ2v) is 6.06. The second-order valence-electron chi connectivity index (χ2n) is 6.06. The Bertz CT molecular complexity index is 409. The van der Waals surface area contributed by atoms with Crippen LogP contribution in [0.3, 0.4) is 0 Å². The van der Waals surface area contributed by atoms with Crippen molar-refractivity contribution in [3.05, 3.63) is 35.9 Å². The number of carbonyl (C=O) groups excluding carboxylic acids is 1. The van der Waals surface area contributed by atoms with Gasteiger partial charge in [0, 0.05) is 0 Å². The van der Waals surface area contributed by atoms with Crippen molar-refractivity contribution >= 4 is 5.97 Å². The molecule has 2 nitrogen and oxygen atoms in total. The molecular weight excluding hydrogens is 236 g/mol. The summed E-state index contributed by atoms with van der Waals surface area (Å²) in [5.74, 6) is -0.0819. The van der Waals surface area contributed by atoms with Crippen molar-refractivity contribution in [2.75, 3.05) is 6.61 Å². The molecule has 0 amide bonds. The van der Waals surface area contributed by atoms with Gasteiger partial charge in [0.05, 0.1) is 12.0 Å². The quantitative estimate of drug-likeness (QED) is 0.713. The molecule has 0 aliphatic carbocycles. The van der Waals surface area contributed by atoms with Crippen molar-refractivity contribution < 1.29 is 9.53 Å². The van der Waals surface area contributed by atoms with Crippen LogP contribution >= 0.6 is 0 Å². The van der Waals surface area contributed by atoms with Crippen molar-refractivity contribution in [2.45, 2.75) is 52.9 Å². The van der Waals surface area contributed by atoms with Crippen LogP contribution in [0, 0.1) is 5.41 Å². The first kappa shape index (κ1) is 15.7. The van der Waals surface area contributed by atoms with Gasteiger partial charge in [0.25, 0.3) is 0 Å². The molecule has 0 aromatic heterocycles. The van der Waals surface area contributed by atoms with Crippen molar-refractivity contribution in [2.24, 2.45) is 5.41 Å². The van der Waals surface area contributed by atoms with Gasteiger partial charge in [-0.2, -0.15) is 0 Å². The molecule has 0 heterocycles. The minimum absolute atomic E-state index is 0.0429. The van der Waals surface area contributed by atoms with E-state index in [1.165, 1.54) is 5.56 Å². The number of esters is 1. The summed E-state index contributed by atoms with van der Waals surface area (Å²) >= 11 is 0. The smallest absolute Gasteiger partial charge is 0.311 e. The maximum Gasteiger partial charge on any atom is 0.311 e. The van der Waals surface area contributed by atoms with Crippen molar-refractivity contribution in [3.63, 3.8) is 0 Å². The fraction of sp³-hybridized carbons (Fsp3) is 0.588. The van der Waals surface area contributed by atoms with Gasteiger partial charge in [-0.25, -0.2) is 0 Å². The van der Waals surface area contributed by atoms with Crippen molar-refractivity contribution in [1.29, 1.82) is 0 Å². The topological polar surface area (TPSA) is 26.3 Å². The molecule has 0 aliphatic heterocycles. The number of hydrogen-bond acceptors (Lipinski definition) is 2. The number of benzene rings is 1. The van der Waals surface area contributed by atoms with Gasteiger partial charge in [-0.15, -0.1) is 0 Å². The predicted octanol–water partition coefficient (Wildman–Crippen LogP) is 4.33. The van der Waals surface area contributed by atoms with Crippen LogP contribution in [-0.4, -0.2) is 12.6 Å². The molecule has 1 aromatic carbocycles. The number of ether oxygens (including phenoxy) is 1. The fourth-order valence-electron chi connectivity index (χ4n) is 2.61. The molecule has 1 unspecified atom stereocenters. The van der Waals surface area contributed by atoms with Gasteiger partial charge < -0.3 is 4.74 Å². The van der Waals surface area contributed by atoms with Gasteiger partial charge in [0.2, 0.25) is 0 Å². The molecule has 1 rings (SSSR count). The largest absolute Gasteiger partial charge is 0.466 e. The third-order valence-electron chi connectivity index (χ3n) is 3.94. The summed E-state index contributed by atoms with van der Waals surface area (Å²) in [5, 5.41) is 0. The lowest BCUT2D eigenvalue weighted by atomic mass is 9.69. The Labute approximate surface area is 117 Å². The number of hydrogen-bond donors (Lipinski definition) is 0. The molecule has 0 bridgehead atoms. The summed E-state index contributed by atoms with van der Waals surface area (Å²) < 4.78 is 5.24. The molecule has 1 atom stereocenters. The van der Waals surface area contributed by atoms with E-state index < -0.39 is 5.41 Å². The Morgan fingerprint density at radius 1 is 1.11 bits per heavy atom. The van der Waals surface area contributed by atoms with Crippen LogP contribution in [0.5, 0.6) is 0 Å². The van der Waals surface area contributed by atoms with E-state index in [0.29, 0.717) is 6.61 Å². The average molecular weight is 262 g/mol. The van der Waals surface area contributed by atoms with Gasteiger partial charge >= 0.3 is 5.97 Å². The minimum Gasteiger partial charge on any atom is -0.466 e. The minimum atomic E-state index is -0.421. The Kier molecular flexibility index (Phi) is 5.16. The number of carbonyl (C=O) groups is 1. The van der Waals surface area contributed by atoms with E-state index in [9.17, 15) is 4.79 Å². The molecule has 0 N–H and O–H groups in total. The lowest BCUT2D eigenvalue weighted by Gasteiger charge is -2.35.